The number of amides is 1. The lowest BCUT2D eigenvalue weighted by Gasteiger charge is -2.32. The van der Waals surface area contributed by atoms with Crippen molar-refractivity contribution in [1.82, 2.24) is 9.21 Å². The minimum absolute atomic E-state index is 0.0252. The first kappa shape index (κ1) is 21.4. The van der Waals surface area contributed by atoms with Gasteiger partial charge in [-0.3, -0.25) is 4.79 Å². The molecule has 1 saturated heterocycles. The van der Waals surface area contributed by atoms with Crippen LogP contribution in [0.15, 0.2) is 45.7 Å². The summed E-state index contributed by atoms with van der Waals surface area (Å²) < 4.78 is 38.1. The first-order chi connectivity index (χ1) is 13.8. The normalized spacial score (nSPS) is 16.0. The predicted molar refractivity (Wildman–Crippen MR) is 109 cm³/mol. The van der Waals surface area contributed by atoms with Crippen LogP contribution in [0, 0.1) is 12.8 Å². The molecular formula is C21H28N2O5S. The monoisotopic (exact) mass is 420 g/mol. The molecule has 0 bridgehead atoms. The molecule has 2 aromatic rings. The zero-order valence-electron chi connectivity index (χ0n) is 17.1. The van der Waals surface area contributed by atoms with Gasteiger partial charge in [0.15, 0.2) is 0 Å². The van der Waals surface area contributed by atoms with E-state index in [0.29, 0.717) is 44.8 Å². The third kappa shape index (κ3) is 5.00. The highest BCUT2D eigenvalue weighted by Crippen LogP contribution is 2.26. The van der Waals surface area contributed by atoms with Gasteiger partial charge in [-0.1, -0.05) is 0 Å². The molecule has 0 saturated carbocycles. The number of rotatable bonds is 7. The van der Waals surface area contributed by atoms with Crippen molar-refractivity contribution in [2.45, 2.75) is 38.1 Å². The summed E-state index contributed by atoms with van der Waals surface area (Å²) in [5, 5.41) is 0. The van der Waals surface area contributed by atoms with Gasteiger partial charge >= 0.3 is 0 Å². The number of hydrogen-bond acceptors (Lipinski definition) is 5. The topological polar surface area (TPSA) is 80.1 Å². The number of carbonyl (C=O) groups excluding carboxylic acids is 1. The van der Waals surface area contributed by atoms with Gasteiger partial charge in [0.05, 0.1) is 18.0 Å². The molecule has 7 nitrogen and oxygen atoms in total. The van der Waals surface area contributed by atoms with E-state index >= 15 is 0 Å². The summed E-state index contributed by atoms with van der Waals surface area (Å²) in [5.41, 5.74) is 0. The Bertz CT molecular complexity index is 928. The van der Waals surface area contributed by atoms with Crippen molar-refractivity contribution < 1.29 is 22.4 Å². The second kappa shape index (κ2) is 9.00. The number of aryl methyl sites for hydroxylation is 1. The molecule has 29 heavy (non-hydrogen) atoms. The minimum Gasteiger partial charge on any atom is -0.494 e. The number of piperidine rings is 1. The van der Waals surface area contributed by atoms with Crippen LogP contribution in [-0.2, 0) is 21.4 Å². The van der Waals surface area contributed by atoms with Gasteiger partial charge in [-0.05, 0) is 63.1 Å². The van der Waals surface area contributed by atoms with Crippen LogP contribution in [-0.4, -0.2) is 50.3 Å². The van der Waals surface area contributed by atoms with Crippen molar-refractivity contribution in [3.63, 3.8) is 0 Å². The molecule has 1 aliphatic rings. The number of furan rings is 1. The number of benzene rings is 1. The van der Waals surface area contributed by atoms with Crippen molar-refractivity contribution in [3.8, 4) is 5.75 Å². The van der Waals surface area contributed by atoms with Crippen LogP contribution in [0.1, 0.15) is 31.3 Å². The summed E-state index contributed by atoms with van der Waals surface area (Å²) in [6.07, 6.45) is 1.02. The van der Waals surface area contributed by atoms with Gasteiger partial charge in [0.2, 0.25) is 15.9 Å². The average Bonchev–Trinajstić information content (AvgIpc) is 3.12. The predicted octanol–water partition coefficient (Wildman–Crippen LogP) is 3.05. The quantitative estimate of drug-likeness (QED) is 0.688. The fourth-order valence-corrected chi connectivity index (χ4v) is 5.03. The molecule has 0 unspecified atom stereocenters. The number of hydrogen-bond donors (Lipinski definition) is 0. The maximum absolute atomic E-state index is 12.9. The Morgan fingerprint density at radius 2 is 1.83 bits per heavy atom. The molecule has 0 atom stereocenters. The summed E-state index contributed by atoms with van der Waals surface area (Å²) in [4.78, 5) is 14.6. The number of sulfonamides is 1. The first-order valence-electron chi connectivity index (χ1n) is 9.84. The Labute approximate surface area is 172 Å². The van der Waals surface area contributed by atoms with Gasteiger partial charge in [-0.25, -0.2) is 8.42 Å². The van der Waals surface area contributed by atoms with Crippen molar-refractivity contribution in [3.05, 3.63) is 47.9 Å². The summed E-state index contributed by atoms with van der Waals surface area (Å²) in [6.45, 7) is 5.35. The number of ether oxygens (including phenoxy) is 1. The zero-order valence-corrected chi connectivity index (χ0v) is 17.9. The third-order valence-corrected chi connectivity index (χ3v) is 7.05. The largest absolute Gasteiger partial charge is 0.494 e. The van der Waals surface area contributed by atoms with Gasteiger partial charge in [-0.15, -0.1) is 0 Å². The second-order valence-corrected chi connectivity index (χ2v) is 9.23. The van der Waals surface area contributed by atoms with E-state index in [-0.39, 0.29) is 16.7 Å². The lowest BCUT2D eigenvalue weighted by atomic mass is 9.96. The molecule has 1 aromatic carbocycles. The lowest BCUT2D eigenvalue weighted by molar-refractivity contribution is -0.136. The van der Waals surface area contributed by atoms with E-state index in [1.807, 2.05) is 26.0 Å². The standard InChI is InChI=1S/C21H28N2O5S/c1-4-27-18-7-9-20(10-8-18)29(25,26)23-13-11-17(12-14-23)21(24)22(3)15-19-6-5-16(2)28-19/h5-10,17H,4,11-15H2,1-3H3. The number of nitrogens with zero attached hydrogens (tertiary/aromatic N) is 2. The minimum atomic E-state index is -3.57. The smallest absolute Gasteiger partial charge is 0.243 e. The van der Waals surface area contributed by atoms with Crippen molar-refractivity contribution in [2.24, 2.45) is 5.92 Å². The van der Waals surface area contributed by atoms with Crippen LogP contribution < -0.4 is 4.74 Å². The van der Waals surface area contributed by atoms with E-state index in [9.17, 15) is 13.2 Å². The Morgan fingerprint density at radius 3 is 2.38 bits per heavy atom. The average molecular weight is 421 g/mol. The highest BCUT2D eigenvalue weighted by atomic mass is 32.2. The molecule has 0 spiro atoms. The summed E-state index contributed by atoms with van der Waals surface area (Å²) in [5.74, 6) is 2.05. The van der Waals surface area contributed by atoms with Gasteiger partial charge in [0.1, 0.15) is 17.3 Å². The van der Waals surface area contributed by atoms with E-state index in [2.05, 4.69) is 0 Å². The van der Waals surface area contributed by atoms with E-state index in [1.54, 1.807) is 36.2 Å². The number of carbonyl (C=O) groups is 1. The second-order valence-electron chi connectivity index (χ2n) is 7.29. The molecule has 0 radical (unpaired) electrons. The van der Waals surface area contributed by atoms with Crippen LogP contribution in [0.3, 0.4) is 0 Å². The highest BCUT2D eigenvalue weighted by Gasteiger charge is 2.33. The van der Waals surface area contributed by atoms with Crippen molar-refractivity contribution >= 4 is 15.9 Å². The molecule has 2 heterocycles. The SMILES string of the molecule is CCOc1ccc(S(=O)(=O)N2CCC(C(=O)N(C)Cc3ccc(C)o3)CC2)cc1. The highest BCUT2D eigenvalue weighted by molar-refractivity contribution is 7.89. The summed E-state index contributed by atoms with van der Waals surface area (Å²) in [7, 11) is -1.82. The molecule has 1 aromatic heterocycles. The first-order valence-corrected chi connectivity index (χ1v) is 11.3. The summed E-state index contributed by atoms with van der Waals surface area (Å²) in [6, 6.07) is 10.2. The molecule has 0 aliphatic carbocycles. The van der Waals surface area contributed by atoms with Crippen LogP contribution in [0.4, 0.5) is 0 Å². The molecule has 8 heteroatoms. The van der Waals surface area contributed by atoms with E-state index < -0.39 is 10.0 Å². The van der Waals surface area contributed by atoms with Gasteiger partial charge in [0.25, 0.3) is 0 Å². The molecular weight excluding hydrogens is 392 g/mol. The van der Waals surface area contributed by atoms with Gasteiger partial charge in [0, 0.05) is 26.1 Å². The van der Waals surface area contributed by atoms with Gasteiger partial charge < -0.3 is 14.1 Å². The van der Waals surface area contributed by atoms with E-state index in [0.717, 1.165) is 11.5 Å². The Balaban J connectivity index is 1.58. The van der Waals surface area contributed by atoms with Crippen LogP contribution in [0.5, 0.6) is 5.75 Å². The fourth-order valence-electron chi connectivity index (χ4n) is 3.56. The Hall–Kier alpha value is -2.32. The van der Waals surface area contributed by atoms with E-state index in [4.69, 9.17) is 9.15 Å². The van der Waals surface area contributed by atoms with Crippen molar-refractivity contribution in [1.29, 1.82) is 0 Å². The molecule has 0 N–H and O–H groups in total. The van der Waals surface area contributed by atoms with Gasteiger partial charge in [-0.2, -0.15) is 4.31 Å². The molecule has 158 valence electrons. The fraction of sp³-hybridized carbons (Fsp3) is 0.476. The van der Waals surface area contributed by atoms with Crippen molar-refractivity contribution in [2.75, 3.05) is 26.7 Å². The molecule has 1 amide bonds. The third-order valence-electron chi connectivity index (χ3n) is 5.14. The summed E-state index contributed by atoms with van der Waals surface area (Å²) >= 11 is 0. The lowest BCUT2D eigenvalue weighted by Crippen LogP contribution is -2.43. The molecule has 1 fully saturated rings. The zero-order chi connectivity index (χ0) is 21.0. The molecule has 3 rings (SSSR count). The van der Waals surface area contributed by atoms with Crippen LogP contribution in [0.2, 0.25) is 0 Å². The van der Waals surface area contributed by atoms with Crippen LogP contribution >= 0.6 is 0 Å². The maximum atomic E-state index is 12.9. The van der Waals surface area contributed by atoms with E-state index in [1.165, 1.54) is 4.31 Å². The molecule has 1 aliphatic heterocycles. The van der Waals surface area contributed by atoms with Crippen LogP contribution in [0.25, 0.3) is 0 Å². The Morgan fingerprint density at radius 1 is 1.17 bits per heavy atom. The maximum Gasteiger partial charge on any atom is 0.243 e. The Kier molecular flexibility index (Phi) is 6.64.